The third-order valence-electron chi connectivity index (χ3n) is 4.31. The van der Waals surface area contributed by atoms with E-state index in [1.54, 1.807) is 0 Å². The van der Waals surface area contributed by atoms with E-state index in [0.29, 0.717) is 5.92 Å². The van der Waals surface area contributed by atoms with Crippen molar-refractivity contribution in [3.8, 4) is 0 Å². The Morgan fingerprint density at radius 2 is 2.14 bits per heavy atom. The van der Waals surface area contributed by atoms with Crippen molar-refractivity contribution in [2.24, 2.45) is 5.92 Å². The zero-order valence-electron chi connectivity index (χ0n) is 8.53. The number of hydrogen-bond acceptors (Lipinski definition) is 1. The van der Waals surface area contributed by atoms with E-state index in [-0.39, 0.29) is 11.5 Å². The predicted octanol–water partition coefficient (Wildman–Crippen LogP) is 2.27. The Balaban J connectivity index is 2.14. The van der Waals surface area contributed by atoms with Gasteiger partial charge in [-0.3, -0.25) is 0 Å². The normalized spacial score (nSPS) is 39.6. The van der Waals surface area contributed by atoms with Gasteiger partial charge in [0.2, 0.25) is 0 Å². The van der Waals surface area contributed by atoms with Crippen LogP contribution in [0.1, 0.15) is 30.9 Å². The van der Waals surface area contributed by atoms with Crippen LogP contribution >= 0.6 is 0 Å². The highest BCUT2D eigenvalue weighted by Crippen LogP contribution is 2.52. The summed E-state index contributed by atoms with van der Waals surface area (Å²) in [5.74, 6) is 0.472. The van der Waals surface area contributed by atoms with Crippen LogP contribution in [-0.2, 0) is 11.8 Å². The lowest BCUT2D eigenvalue weighted by molar-refractivity contribution is 0.118. The fraction of sp³-hybridized carbons (Fsp3) is 0.538. The molecule has 1 heteroatoms. The van der Waals surface area contributed by atoms with Crippen molar-refractivity contribution in [2.45, 2.75) is 37.7 Å². The van der Waals surface area contributed by atoms with Crippen molar-refractivity contribution in [3.63, 3.8) is 0 Å². The molecule has 0 unspecified atom stereocenters. The van der Waals surface area contributed by atoms with Gasteiger partial charge < -0.3 is 5.11 Å². The lowest BCUT2D eigenvalue weighted by Crippen LogP contribution is -2.27. The van der Waals surface area contributed by atoms with E-state index >= 15 is 0 Å². The first-order valence-corrected chi connectivity index (χ1v) is 5.48. The molecule has 2 aliphatic carbocycles. The molecule has 1 fully saturated rings. The van der Waals surface area contributed by atoms with Crippen LogP contribution in [0.3, 0.4) is 0 Å². The molecule has 14 heavy (non-hydrogen) atoms. The first kappa shape index (κ1) is 8.49. The Labute approximate surface area is 84.8 Å². The number of aliphatic hydroxyl groups is 1. The first-order valence-electron chi connectivity index (χ1n) is 5.48. The van der Waals surface area contributed by atoms with Crippen LogP contribution in [0.4, 0.5) is 0 Å². The molecule has 2 aliphatic rings. The summed E-state index contributed by atoms with van der Waals surface area (Å²) in [6.07, 6.45) is 3.13. The maximum absolute atomic E-state index is 9.94. The summed E-state index contributed by atoms with van der Waals surface area (Å²) in [6.45, 7) is 2.32. The minimum absolute atomic E-state index is 0.0765. The van der Waals surface area contributed by atoms with Gasteiger partial charge in [-0.25, -0.2) is 0 Å². The Bertz CT molecular complexity index is 371. The van der Waals surface area contributed by atoms with Gasteiger partial charge in [-0.2, -0.15) is 0 Å². The van der Waals surface area contributed by atoms with Crippen molar-refractivity contribution in [3.05, 3.63) is 35.4 Å². The van der Waals surface area contributed by atoms with E-state index in [4.69, 9.17) is 0 Å². The van der Waals surface area contributed by atoms with E-state index < -0.39 is 0 Å². The molecule has 1 nitrogen and oxygen atoms in total. The van der Waals surface area contributed by atoms with Crippen LogP contribution in [-0.4, -0.2) is 11.2 Å². The van der Waals surface area contributed by atoms with E-state index in [1.165, 1.54) is 11.1 Å². The SMILES string of the molecule is C[C@@]12CC[C@@H](O)[C@@H]1Cc1ccccc12. The number of aliphatic hydroxyl groups excluding tert-OH is 1. The standard InChI is InChI=1S/C13H16O/c1-13-7-6-12(14)11(13)8-9-4-2-3-5-10(9)13/h2-5,11-12,14H,6-8H2,1H3/t11-,12+,13-/m0/s1. The van der Waals surface area contributed by atoms with Crippen molar-refractivity contribution >= 4 is 0 Å². The first-order chi connectivity index (χ1) is 6.72. The topological polar surface area (TPSA) is 20.2 Å². The smallest absolute Gasteiger partial charge is 0.0580 e. The van der Waals surface area contributed by atoms with Crippen LogP contribution in [0.5, 0.6) is 0 Å². The molecule has 1 aromatic rings. The Morgan fingerprint density at radius 3 is 3.00 bits per heavy atom. The molecule has 74 valence electrons. The number of fused-ring (bicyclic) bond motifs is 3. The van der Waals surface area contributed by atoms with Gasteiger partial charge in [0.15, 0.2) is 0 Å². The van der Waals surface area contributed by atoms with Crippen molar-refractivity contribution in [1.29, 1.82) is 0 Å². The minimum Gasteiger partial charge on any atom is -0.393 e. The highest BCUT2D eigenvalue weighted by atomic mass is 16.3. The second kappa shape index (κ2) is 2.60. The summed E-state index contributed by atoms with van der Waals surface area (Å²) in [7, 11) is 0. The minimum atomic E-state index is -0.0765. The molecule has 0 heterocycles. The van der Waals surface area contributed by atoms with Gasteiger partial charge in [0, 0.05) is 0 Å². The molecule has 3 rings (SSSR count). The van der Waals surface area contributed by atoms with E-state index in [2.05, 4.69) is 31.2 Å². The number of hydrogen-bond donors (Lipinski definition) is 1. The van der Waals surface area contributed by atoms with Crippen molar-refractivity contribution in [1.82, 2.24) is 0 Å². The summed E-state index contributed by atoms with van der Waals surface area (Å²) in [5.41, 5.74) is 3.20. The summed E-state index contributed by atoms with van der Waals surface area (Å²) in [5, 5.41) is 9.94. The fourth-order valence-corrected chi connectivity index (χ4v) is 3.45. The molecule has 3 atom stereocenters. The Kier molecular flexibility index (Phi) is 1.58. The monoisotopic (exact) mass is 188 g/mol. The average Bonchev–Trinajstić information content (AvgIpc) is 2.64. The molecule has 0 bridgehead atoms. The summed E-state index contributed by atoms with van der Waals surface area (Å²) in [6, 6.07) is 8.69. The molecule has 0 spiro atoms. The Hall–Kier alpha value is -0.820. The van der Waals surface area contributed by atoms with Gasteiger partial charge in [-0.15, -0.1) is 0 Å². The largest absolute Gasteiger partial charge is 0.393 e. The maximum atomic E-state index is 9.94. The summed E-state index contributed by atoms with van der Waals surface area (Å²) >= 11 is 0. The highest BCUT2D eigenvalue weighted by Gasteiger charge is 2.50. The average molecular weight is 188 g/mol. The molecule has 0 aromatic heterocycles. The summed E-state index contributed by atoms with van der Waals surface area (Å²) in [4.78, 5) is 0. The van der Waals surface area contributed by atoms with Gasteiger partial charge in [0.25, 0.3) is 0 Å². The van der Waals surface area contributed by atoms with Crippen LogP contribution < -0.4 is 0 Å². The van der Waals surface area contributed by atoms with Crippen molar-refractivity contribution < 1.29 is 5.11 Å². The quantitative estimate of drug-likeness (QED) is 0.662. The van der Waals surface area contributed by atoms with E-state index in [0.717, 1.165) is 19.3 Å². The van der Waals surface area contributed by atoms with Crippen LogP contribution in [0, 0.1) is 5.92 Å². The van der Waals surface area contributed by atoms with E-state index in [9.17, 15) is 5.11 Å². The third-order valence-corrected chi connectivity index (χ3v) is 4.31. The molecule has 1 saturated carbocycles. The van der Waals surface area contributed by atoms with Gasteiger partial charge in [-0.05, 0) is 41.7 Å². The van der Waals surface area contributed by atoms with Crippen LogP contribution in [0.15, 0.2) is 24.3 Å². The lowest BCUT2D eigenvalue weighted by Gasteiger charge is -2.26. The Morgan fingerprint density at radius 1 is 1.36 bits per heavy atom. The lowest BCUT2D eigenvalue weighted by atomic mass is 9.79. The third kappa shape index (κ3) is 0.885. The zero-order chi connectivity index (χ0) is 9.76. The molecule has 0 aliphatic heterocycles. The zero-order valence-corrected chi connectivity index (χ0v) is 8.53. The second-order valence-corrected chi connectivity index (χ2v) is 4.99. The van der Waals surface area contributed by atoms with Crippen LogP contribution in [0.2, 0.25) is 0 Å². The predicted molar refractivity (Wildman–Crippen MR) is 56.2 cm³/mol. The van der Waals surface area contributed by atoms with Gasteiger partial charge >= 0.3 is 0 Å². The molecular weight excluding hydrogens is 172 g/mol. The maximum Gasteiger partial charge on any atom is 0.0580 e. The molecular formula is C13H16O. The van der Waals surface area contributed by atoms with Crippen molar-refractivity contribution in [2.75, 3.05) is 0 Å². The molecule has 0 amide bonds. The van der Waals surface area contributed by atoms with Gasteiger partial charge in [0.1, 0.15) is 0 Å². The molecule has 0 radical (unpaired) electrons. The van der Waals surface area contributed by atoms with Gasteiger partial charge in [0.05, 0.1) is 6.10 Å². The highest BCUT2D eigenvalue weighted by molar-refractivity contribution is 5.41. The molecule has 0 saturated heterocycles. The molecule has 1 aromatic carbocycles. The molecule has 1 N–H and O–H groups in total. The van der Waals surface area contributed by atoms with Crippen LogP contribution in [0.25, 0.3) is 0 Å². The number of benzene rings is 1. The van der Waals surface area contributed by atoms with Gasteiger partial charge in [-0.1, -0.05) is 31.2 Å². The summed E-state index contributed by atoms with van der Waals surface area (Å²) < 4.78 is 0. The number of rotatable bonds is 0. The fourth-order valence-electron chi connectivity index (χ4n) is 3.45. The van der Waals surface area contributed by atoms with E-state index in [1.807, 2.05) is 0 Å². The second-order valence-electron chi connectivity index (χ2n) is 4.99.